The van der Waals surface area contributed by atoms with Gasteiger partial charge in [-0.1, -0.05) is 20.8 Å². The molecule has 1 heterocycles. The molecule has 0 radical (unpaired) electrons. The number of hydrogen-bond donors (Lipinski definition) is 0. The average molecular weight is 202 g/mol. The Morgan fingerprint density at radius 1 is 1.31 bits per heavy atom. The van der Waals surface area contributed by atoms with E-state index in [1.54, 1.807) is 0 Å². The van der Waals surface area contributed by atoms with E-state index in [0.29, 0.717) is 10.7 Å². The molecule has 0 aliphatic heterocycles. The molecule has 0 bridgehead atoms. The van der Waals surface area contributed by atoms with Crippen molar-refractivity contribution in [2.45, 2.75) is 40.7 Å². The fraction of sp³-hybridized carbons (Fsp3) is 0.778. The predicted molar refractivity (Wildman–Crippen MR) is 53.8 cm³/mol. The molecular formula is C9H16ClN3. The molecule has 0 N–H and O–H groups in total. The molecule has 0 amide bonds. The summed E-state index contributed by atoms with van der Waals surface area (Å²) in [6.45, 7) is 9.44. The second-order valence-corrected chi connectivity index (χ2v) is 4.82. The van der Waals surface area contributed by atoms with E-state index in [2.05, 4.69) is 31.0 Å². The van der Waals surface area contributed by atoms with Crippen molar-refractivity contribution in [1.82, 2.24) is 14.8 Å². The highest BCUT2D eigenvalue weighted by molar-refractivity contribution is 6.28. The van der Waals surface area contributed by atoms with Gasteiger partial charge in [-0.05, 0) is 30.4 Å². The SMILES string of the molecule is Cc1nnc(Cl)n1CCC(C)(C)C. The van der Waals surface area contributed by atoms with Gasteiger partial charge in [-0.15, -0.1) is 10.2 Å². The number of nitrogens with zero attached hydrogens (tertiary/aromatic N) is 3. The highest BCUT2D eigenvalue weighted by Crippen LogP contribution is 2.20. The molecule has 0 aliphatic rings. The number of aryl methyl sites for hydroxylation is 1. The minimum Gasteiger partial charge on any atom is -0.302 e. The Kier molecular flexibility index (Phi) is 2.96. The first kappa shape index (κ1) is 10.5. The summed E-state index contributed by atoms with van der Waals surface area (Å²) in [7, 11) is 0. The Bertz CT molecular complexity index is 266. The van der Waals surface area contributed by atoms with Gasteiger partial charge in [-0.2, -0.15) is 0 Å². The van der Waals surface area contributed by atoms with E-state index in [4.69, 9.17) is 11.6 Å². The van der Waals surface area contributed by atoms with Crippen LogP contribution in [0.25, 0.3) is 0 Å². The van der Waals surface area contributed by atoms with Crippen LogP contribution in [0.5, 0.6) is 0 Å². The second kappa shape index (κ2) is 3.66. The molecule has 0 fully saturated rings. The van der Waals surface area contributed by atoms with Crippen LogP contribution in [0.1, 0.15) is 33.0 Å². The van der Waals surface area contributed by atoms with E-state index in [-0.39, 0.29) is 0 Å². The highest BCUT2D eigenvalue weighted by Gasteiger charge is 2.12. The molecule has 0 aliphatic carbocycles. The summed E-state index contributed by atoms with van der Waals surface area (Å²) in [4.78, 5) is 0. The molecule has 0 atom stereocenters. The fourth-order valence-corrected chi connectivity index (χ4v) is 1.30. The standard InChI is InChI=1S/C9H16ClN3/c1-7-11-12-8(10)13(7)6-5-9(2,3)4/h5-6H2,1-4H3. The Balaban J connectivity index is 2.64. The predicted octanol–water partition coefficient (Wildman–Crippen LogP) is 2.68. The lowest BCUT2D eigenvalue weighted by atomic mass is 9.92. The quantitative estimate of drug-likeness (QED) is 0.737. The van der Waals surface area contributed by atoms with Gasteiger partial charge in [0.05, 0.1) is 0 Å². The van der Waals surface area contributed by atoms with Crippen LogP contribution in [0.15, 0.2) is 0 Å². The first-order valence-corrected chi connectivity index (χ1v) is 4.83. The Morgan fingerprint density at radius 2 is 1.92 bits per heavy atom. The van der Waals surface area contributed by atoms with Gasteiger partial charge >= 0.3 is 0 Å². The van der Waals surface area contributed by atoms with Crippen LogP contribution in [0.2, 0.25) is 5.28 Å². The number of aromatic nitrogens is 3. The van der Waals surface area contributed by atoms with Gasteiger partial charge in [-0.3, -0.25) is 0 Å². The molecule has 1 aromatic rings. The fourth-order valence-electron chi connectivity index (χ4n) is 1.06. The van der Waals surface area contributed by atoms with Crippen molar-refractivity contribution in [2.75, 3.05) is 0 Å². The Labute approximate surface area is 84.1 Å². The molecular weight excluding hydrogens is 186 g/mol. The van der Waals surface area contributed by atoms with Gasteiger partial charge in [0.1, 0.15) is 5.82 Å². The smallest absolute Gasteiger partial charge is 0.225 e. The molecule has 0 saturated heterocycles. The summed E-state index contributed by atoms with van der Waals surface area (Å²) in [5.74, 6) is 0.884. The first-order valence-electron chi connectivity index (χ1n) is 4.45. The average Bonchev–Trinajstić information content (AvgIpc) is 2.27. The van der Waals surface area contributed by atoms with Crippen molar-refractivity contribution < 1.29 is 0 Å². The van der Waals surface area contributed by atoms with Crippen molar-refractivity contribution in [1.29, 1.82) is 0 Å². The molecule has 13 heavy (non-hydrogen) atoms. The molecule has 0 saturated carbocycles. The molecule has 74 valence electrons. The van der Waals surface area contributed by atoms with Gasteiger partial charge in [0.15, 0.2) is 0 Å². The van der Waals surface area contributed by atoms with Crippen LogP contribution in [0, 0.1) is 12.3 Å². The van der Waals surface area contributed by atoms with Crippen molar-refractivity contribution in [3.05, 3.63) is 11.1 Å². The van der Waals surface area contributed by atoms with Gasteiger partial charge < -0.3 is 4.57 Å². The van der Waals surface area contributed by atoms with Crippen LogP contribution < -0.4 is 0 Å². The van der Waals surface area contributed by atoms with Crippen LogP contribution in [0.4, 0.5) is 0 Å². The van der Waals surface area contributed by atoms with Crippen LogP contribution in [-0.4, -0.2) is 14.8 Å². The summed E-state index contributed by atoms with van der Waals surface area (Å²) in [6, 6.07) is 0. The van der Waals surface area contributed by atoms with E-state index in [0.717, 1.165) is 18.8 Å². The van der Waals surface area contributed by atoms with Crippen LogP contribution in [0.3, 0.4) is 0 Å². The van der Waals surface area contributed by atoms with Crippen LogP contribution >= 0.6 is 11.6 Å². The topological polar surface area (TPSA) is 30.7 Å². The number of rotatable bonds is 2. The lowest BCUT2D eigenvalue weighted by molar-refractivity contribution is 0.348. The Morgan fingerprint density at radius 3 is 2.31 bits per heavy atom. The van der Waals surface area contributed by atoms with E-state index < -0.39 is 0 Å². The molecule has 0 aromatic carbocycles. The third-order valence-electron chi connectivity index (χ3n) is 1.98. The molecule has 0 unspecified atom stereocenters. The molecule has 1 rings (SSSR count). The summed E-state index contributed by atoms with van der Waals surface area (Å²) >= 11 is 5.86. The summed E-state index contributed by atoms with van der Waals surface area (Å²) < 4.78 is 1.94. The molecule has 1 aromatic heterocycles. The zero-order chi connectivity index (χ0) is 10.1. The highest BCUT2D eigenvalue weighted by atomic mass is 35.5. The second-order valence-electron chi connectivity index (χ2n) is 4.48. The van der Waals surface area contributed by atoms with Crippen molar-refractivity contribution in [3.8, 4) is 0 Å². The monoisotopic (exact) mass is 201 g/mol. The van der Waals surface area contributed by atoms with Gasteiger partial charge in [-0.25, -0.2) is 0 Å². The van der Waals surface area contributed by atoms with Crippen molar-refractivity contribution in [3.63, 3.8) is 0 Å². The summed E-state index contributed by atoms with van der Waals surface area (Å²) in [6.07, 6.45) is 1.08. The molecule has 3 nitrogen and oxygen atoms in total. The zero-order valence-corrected chi connectivity index (χ0v) is 9.39. The molecule has 4 heteroatoms. The van der Waals surface area contributed by atoms with E-state index >= 15 is 0 Å². The van der Waals surface area contributed by atoms with Gasteiger partial charge in [0, 0.05) is 6.54 Å². The maximum atomic E-state index is 5.86. The summed E-state index contributed by atoms with van der Waals surface area (Å²) in [5, 5.41) is 8.18. The number of hydrogen-bond acceptors (Lipinski definition) is 2. The van der Waals surface area contributed by atoms with Gasteiger partial charge in [0.2, 0.25) is 5.28 Å². The van der Waals surface area contributed by atoms with E-state index in [9.17, 15) is 0 Å². The lowest BCUT2D eigenvalue weighted by Gasteiger charge is -2.18. The third kappa shape index (κ3) is 2.99. The lowest BCUT2D eigenvalue weighted by Crippen LogP contribution is -2.11. The van der Waals surface area contributed by atoms with E-state index in [1.807, 2.05) is 11.5 Å². The first-order chi connectivity index (χ1) is 5.90. The molecule has 0 spiro atoms. The zero-order valence-electron chi connectivity index (χ0n) is 8.63. The van der Waals surface area contributed by atoms with Gasteiger partial charge in [0.25, 0.3) is 0 Å². The normalized spacial score (nSPS) is 12.1. The third-order valence-corrected chi connectivity index (χ3v) is 2.26. The van der Waals surface area contributed by atoms with Crippen molar-refractivity contribution in [2.24, 2.45) is 5.41 Å². The van der Waals surface area contributed by atoms with Crippen molar-refractivity contribution >= 4 is 11.6 Å². The van der Waals surface area contributed by atoms with E-state index in [1.165, 1.54) is 0 Å². The maximum absolute atomic E-state index is 5.86. The largest absolute Gasteiger partial charge is 0.302 e. The Hall–Kier alpha value is -0.570. The minimum absolute atomic E-state index is 0.319. The van der Waals surface area contributed by atoms with Crippen LogP contribution in [-0.2, 0) is 6.54 Å². The minimum atomic E-state index is 0.319. The number of halogens is 1. The maximum Gasteiger partial charge on any atom is 0.225 e. The summed E-state index contributed by atoms with van der Waals surface area (Å²) in [5.41, 5.74) is 0.319.